The Morgan fingerprint density at radius 1 is 1.29 bits per heavy atom. The Morgan fingerprint density at radius 3 is 2.41 bits per heavy atom. The molecule has 0 aromatic heterocycles. The number of hydrogen-bond donors (Lipinski definition) is 2. The molecule has 3 heteroatoms. The van der Waals surface area contributed by atoms with Gasteiger partial charge in [0.15, 0.2) is 0 Å². The number of nitrogens with one attached hydrogen (secondary N) is 1. The van der Waals surface area contributed by atoms with E-state index in [1.807, 2.05) is 24.3 Å². The highest BCUT2D eigenvalue weighted by Crippen LogP contribution is 2.06. The minimum atomic E-state index is 0.00821. The predicted molar refractivity (Wildman–Crippen MR) is 70.8 cm³/mol. The van der Waals surface area contributed by atoms with Gasteiger partial charge in [0.05, 0.1) is 0 Å². The van der Waals surface area contributed by atoms with Crippen LogP contribution in [-0.4, -0.2) is 11.9 Å². The smallest absolute Gasteiger partial charge is 0.251 e. The van der Waals surface area contributed by atoms with Crippen molar-refractivity contribution in [1.82, 2.24) is 5.32 Å². The van der Waals surface area contributed by atoms with Crippen LogP contribution in [0.15, 0.2) is 24.3 Å². The van der Waals surface area contributed by atoms with Crippen molar-refractivity contribution in [3.05, 3.63) is 35.4 Å². The van der Waals surface area contributed by atoms with Gasteiger partial charge in [-0.2, -0.15) is 0 Å². The van der Waals surface area contributed by atoms with Gasteiger partial charge in [0.1, 0.15) is 0 Å². The van der Waals surface area contributed by atoms with Gasteiger partial charge in [-0.1, -0.05) is 32.4 Å². The van der Waals surface area contributed by atoms with Crippen LogP contribution in [0.3, 0.4) is 0 Å². The van der Waals surface area contributed by atoms with Crippen molar-refractivity contribution in [3.63, 3.8) is 0 Å². The Morgan fingerprint density at radius 2 is 1.94 bits per heavy atom. The third-order valence-corrected chi connectivity index (χ3v) is 2.92. The normalized spacial score (nSPS) is 12.2. The fourth-order valence-corrected chi connectivity index (χ4v) is 1.79. The van der Waals surface area contributed by atoms with Crippen LogP contribution in [0.5, 0.6) is 0 Å². The number of amides is 1. The summed E-state index contributed by atoms with van der Waals surface area (Å²) in [5.41, 5.74) is 7.27. The lowest BCUT2D eigenvalue weighted by Gasteiger charge is -2.16. The van der Waals surface area contributed by atoms with E-state index in [1.165, 1.54) is 0 Å². The summed E-state index contributed by atoms with van der Waals surface area (Å²) in [5.74, 6) is 0.00821. The Labute approximate surface area is 103 Å². The Hall–Kier alpha value is -1.35. The first-order valence-corrected chi connectivity index (χ1v) is 6.31. The van der Waals surface area contributed by atoms with Crippen molar-refractivity contribution >= 4 is 5.91 Å². The number of carbonyl (C=O) groups is 1. The summed E-state index contributed by atoms with van der Waals surface area (Å²) in [4.78, 5) is 11.9. The van der Waals surface area contributed by atoms with Crippen LogP contribution in [-0.2, 0) is 6.54 Å². The van der Waals surface area contributed by atoms with Gasteiger partial charge in [-0.15, -0.1) is 0 Å². The van der Waals surface area contributed by atoms with Crippen LogP contribution in [0.4, 0.5) is 0 Å². The highest BCUT2D eigenvalue weighted by atomic mass is 16.1. The molecule has 0 aliphatic heterocycles. The van der Waals surface area contributed by atoms with Gasteiger partial charge in [0, 0.05) is 18.2 Å². The Bertz CT molecular complexity index is 346. The van der Waals surface area contributed by atoms with Crippen molar-refractivity contribution < 1.29 is 4.79 Å². The van der Waals surface area contributed by atoms with E-state index < -0.39 is 0 Å². The van der Waals surface area contributed by atoms with Crippen molar-refractivity contribution in [1.29, 1.82) is 0 Å². The van der Waals surface area contributed by atoms with E-state index in [4.69, 9.17) is 5.73 Å². The topological polar surface area (TPSA) is 55.1 Å². The lowest BCUT2D eigenvalue weighted by molar-refractivity contribution is 0.0933. The monoisotopic (exact) mass is 234 g/mol. The Balaban J connectivity index is 2.62. The van der Waals surface area contributed by atoms with Gasteiger partial charge >= 0.3 is 0 Å². The van der Waals surface area contributed by atoms with Gasteiger partial charge in [0.25, 0.3) is 5.91 Å². The second kappa shape index (κ2) is 7.07. The Kier molecular flexibility index (Phi) is 5.70. The zero-order valence-corrected chi connectivity index (χ0v) is 10.7. The molecule has 1 aromatic carbocycles. The maximum absolute atomic E-state index is 11.9. The average Bonchev–Trinajstić information content (AvgIpc) is 2.38. The molecule has 0 aliphatic carbocycles. The van der Waals surface area contributed by atoms with Crippen LogP contribution < -0.4 is 11.1 Å². The summed E-state index contributed by atoms with van der Waals surface area (Å²) < 4.78 is 0. The number of carbonyl (C=O) groups excluding carboxylic acids is 1. The predicted octanol–water partition coefficient (Wildman–Crippen LogP) is 2.45. The molecule has 0 fully saturated rings. The number of rotatable bonds is 6. The van der Waals surface area contributed by atoms with E-state index in [0.717, 1.165) is 24.8 Å². The van der Waals surface area contributed by atoms with Gasteiger partial charge in [-0.3, -0.25) is 4.79 Å². The molecule has 0 heterocycles. The fraction of sp³-hybridized carbons (Fsp3) is 0.500. The van der Waals surface area contributed by atoms with E-state index in [2.05, 4.69) is 19.2 Å². The largest absolute Gasteiger partial charge is 0.349 e. The van der Waals surface area contributed by atoms with Crippen LogP contribution in [0.1, 0.15) is 49.0 Å². The molecule has 94 valence electrons. The third kappa shape index (κ3) is 4.19. The number of benzene rings is 1. The van der Waals surface area contributed by atoms with Gasteiger partial charge < -0.3 is 11.1 Å². The van der Waals surface area contributed by atoms with Gasteiger partial charge in [-0.05, 0) is 30.5 Å². The molecule has 0 saturated heterocycles. The van der Waals surface area contributed by atoms with Crippen LogP contribution in [0, 0.1) is 0 Å². The van der Waals surface area contributed by atoms with E-state index in [-0.39, 0.29) is 11.9 Å². The van der Waals surface area contributed by atoms with E-state index >= 15 is 0 Å². The summed E-state index contributed by atoms with van der Waals surface area (Å²) >= 11 is 0. The first-order chi connectivity index (χ1) is 8.21. The molecule has 3 nitrogen and oxygen atoms in total. The van der Waals surface area contributed by atoms with Crippen LogP contribution in [0.2, 0.25) is 0 Å². The highest BCUT2D eigenvalue weighted by Gasteiger charge is 2.10. The zero-order valence-electron chi connectivity index (χ0n) is 10.7. The molecule has 1 unspecified atom stereocenters. The molecule has 1 atom stereocenters. The fourth-order valence-electron chi connectivity index (χ4n) is 1.79. The highest BCUT2D eigenvalue weighted by molar-refractivity contribution is 5.94. The minimum Gasteiger partial charge on any atom is -0.349 e. The SMILES string of the molecule is CCCC(CC)NC(=O)c1ccc(CN)cc1. The maximum atomic E-state index is 11.9. The summed E-state index contributed by atoms with van der Waals surface area (Å²) in [6.45, 7) is 4.73. The lowest BCUT2D eigenvalue weighted by Crippen LogP contribution is -2.34. The first-order valence-electron chi connectivity index (χ1n) is 6.31. The standard InChI is InChI=1S/C14H22N2O/c1-3-5-13(4-2)16-14(17)12-8-6-11(10-15)7-9-12/h6-9,13H,3-5,10,15H2,1-2H3,(H,16,17). The molecule has 0 spiro atoms. The molecule has 1 amide bonds. The lowest BCUT2D eigenvalue weighted by atomic mass is 10.1. The number of nitrogens with two attached hydrogens (primary N) is 1. The van der Waals surface area contributed by atoms with Gasteiger partial charge in [-0.25, -0.2) is 0 Å². The molecule has 0 radical (unpaired) electrons. The second-order valence-corrected chi connectivity index (χ2v) is 4.27. The maximum Gasteiger partial charge on any atom is 0.251 e. The molecule has 0 aliphatic rings. The number of hydrogen-bond acceptors (Lipinski definition) is 2. The van der Waals surface area contributed by atoms with E-state index in [9.17, 15) is 4.79 Å². The average molecular weight is 234 g/mol. The van der Waals surface area contributed by atoms with Crippen molar-refractivity contribution in [2.75, 3.05) is 0 Å². The molecule has 1 aromatic rings. The third-order valence-electron chi connectivity index (χ3n) is 2.92. The van der Waals surface area contributed by atoms with Crippen molar-refractivity contribution in [2.24, 2.45) is 5.73 Å². The van der Waals surface area contributed by atoms with Crippen LogP contribution in [0.25, 0.3) is 0 Å². The zero-order chi connectivity index (χ0) is 12.7. The van der Waals surface area contributed by atoms with Crippen molar-refractivity contribution in [2.45, 2.75) is 45.7 Å². The molecular weight excluding hydrogens is 212 g/mol. The molecule has 0 bridgehead atoms. The van der Waals surface area contributed by atoms with Crippen LogP contribution >= 0.6 is 0 Å². The van der Waals surface area contributed by atoms with Crippen molar-refractivity contribution in [3.8, 4) is 0 Å². The van der Waals surface area contributed by atoms with Gasteiger partial charge in [0.2, 0.25) is 0 Å². The first kappa shape index (κ1) is 13.7. The molecule has 3 N–H and O–H groups in total. The van der Waals surface area contributed by atoms with E-state index in [0.29, 0.717) is 12.1 Å². The summed E-state index contributed by atoms with van der Waals surface area (Å²) in [5, 5.41) is 3.05. The van der Waals surface area contributed by atoms with E-state index in [1.54, 1.807) is 0 Å². The quantitative estimate of drug-likeness (QED) is 0.794. The molecule has 0 saturated carbocycles. The minimum absolute atomic E-state index is 0.00821. The summed E-state index contributed by atoms with van der Waals surface area (Å²) in [7, 11) is 0. The summed E-state index contributed by atoms with van der Waals surface area (Å²) in [6.07, 6.45) is 3.09. The molecule has 1 rings (SSSR count). The second-order valence-electron chi connectivity index (χ2n) is 4.27. The molecule has 17 heavy (non-hydrogen) atoms. The molecular formula is C14H22N2O. The summed E-state index contributed by atoms with van der Waals surface area (Å²) in [6, 6.07) is 7.74.